The molecule has 110 valence electrons. The maximum absolute atomic E-state index is 9.26. The van der Waals surface area contributed by atoms with Gasteiger partial charge in [0.1, 0.15) is 0 Å². The summed E-state index contributed by atoms with van der Waals surface area (Å²) in [4.78, 5) is 0. The lowest BCUT2D eigenvalue weighted by molar-refractivity contribution is -0.194. The van der Waals surface area contributed by atoms with Crippen LogP contribution in [0.15, 0.2) is 30.3 Å². The Bertz CT molecular complexity index is 412. The number of rotatable bonds is 4. The van der Waals surface area contributed by atoms with Crippen LogP contribution >= 0.6 is 0 Å². The molecule has 2 atom stereocenters. The molecule has 0 radical (unpaired) electrons. The summed E-state index contributed by atoms with van der Waals surface area (Å²) in [6, 6.07) is 10.4. The molecule has 0 unspecified atom stereocenters. The van der Waals surface area contributed by atoms with Crippen LogP contribution in [0.25, 0.3) is 0 Å². The van der Waals surface area contributed by atoms with Gasteiger partial charge < -0.3 is 14.6 Å². The average Bonchev–Trinajstić information content (AvgIpc) is 2.78. The maximum atomic E-state index is 9.26. The van der Waals surface area contributed by atoms with Crippen molar-refractivity contribution in [2.45, 2.75) is 62.9 Å². The Morgan fingerprint density at radius 2 is 1.70 bits per heavy atom. The van der Waals surface area contributed by atoms with Gasteiger partial charge in [-0.25, -0.2) is 0 Å². The molecule has 3 rings (SSSR count). The van der Waals surface area contributed by atoms with E-state index >= 15 is 0 Å². The zero-order valence-corrected chi connectivity index (χ0v) is 12.0. The van der Waals surface area contributed by atoms with Crippen LogP contribution in [0.1, 0.15) is 44.1 Å². The van der Waals surface area contributed by atoms with E-state index < -0.39 is 0 Å². The fraction of sp³-hybridized carbons (Fsp3) is 0.647. The van der Waals surface area contributed by atoms with E-state index in [1.54, 1.807) is 0 Å². The fourth-order valence-corrected chi connectivity index (χ4v) is 3.45. The van der Waals surface area contributed by atoms with Gasteiger partial charge in [-0.05, 0) is 24.8 Å². The van der Waals surface area contributed by atoms with Crippen molar-refractivity contribution >= 4 is 0 Å². The largest absolute Gasteiger partial charge is 0.396 e. The third-order valence-corrected chi connectivity index (χ3v) is 4.46. The van der Waals surface area contributed by atoms with Crippen molar-refractivity contribution < 1.29 is 14.6 Å². The summed E-state index contributed by atoms with van der Waals surface area (Å²) >= 11 is 0. The number of benzene rings is 1. The number of aliphatic hydroxyl groups excluding tert-OH is 1. The monoisotopic (exact) mass is 276 g/mol. The van der Waals surface area contributed by atoms with Crippen molar-refractivity contribution in [3.8, 4) is 0 Å². The molecule has 0 bridgehead atoms. The molecule has 1 spiro atoms. The standard InChI is InChI=1S/C17H24O3/c18-12-9-15-16(13-14-7-3-1-4-8-14)20-17(19-15)10-5-2-6-11-17/h1,3-4,7-8,15-16,18H,2,5-6,9-13H2/t15-,16-/m1/s1. The van der Waals surface area contributed by atoms with Crippen molar-refractivity contribution in [1.29, 1.82) is 0 Å². The van der Waals surface area contributed by atoms with Gasteiger partial charge in [0, 0.05) is 25.9 Å². The zero-order valence-electron chi connectivity index (χ0n) is 12.0. The van der Waals surface area contributed by atoms with Crippen LogP contribution in [-0.2, 0) is 15.9 Å². The molecule has 0 aromatic heterocycles. The van der Waals surface area contributed by atoms with Crippen LogP contribution in [0, 0.1) is 0 Å². The van der Waals surface area contributed by atoms with E-state index in [1.807, 2.05) is 6.07 Å². The third-order valence-electron chi connectivity index (χ3n) is 4.46. The first-order valence-corrected chi connectivity index (χ1v) is 7.82. The van der Waals surface area contributed by atoms with E-state index in [-0.39, 0.29) is 24.6 Å². The molecule has 1 aliphatic carbocycles. The molecule has 3 nitrogen and oxygen atoms in total. The number of aliphatic hydroxyl groups is 1. The van der Waals surface area contributed by atoms with Crippen molar-refractivity contribution in [3.05, 3.63) is 35.9 Å². The van der Waals surface area contributed by atoms with Gasteiger partial charge in [-0.2, -0.15) is 0 Å². The van der Waals surface area contributed by atoms with Crippen molar-refractivity contribution in [2.75, 3.05) is 6.61 Å². The molecule has 1 saturated heterocycles. The predicted molar refractivity (Wildman–Crippen MR) is 77.4 cm³/mol. The van der Waals surface area contributed by atoms with Gasteiger partial charge in [-0.1, -0.05) is 36.8 Å². The lowest BCUT2D eigenvalue weighted by Gasteiger charge is -2.32. The lowest BCUT2D eigenvalue weighted by Crippen LogP contribution is -2.33. The Morgan fingerprint density at radius 3 is 2.40 bits per heavy atom. The van der Waals surface area contributed by atoms with Crippen LogP contribution in [0.4, 0.5) is 0 Å². The highest BCUT2D eigenvalue weighted by atomic mass is 16.8. The maximum Gasteiger partial charge on any atom is 0.169 e. The average molecular weight is 276 g/mol. The van der Waals surface area contributed by atoms with Gasteiger partial charge in [-0.15, -0.1) is 0 Å². The van der Waals surface area contributed by atoms with Gasteiger partial charge >= 0.3 is 0 Å². The van der Waals surface area contributed by atoms with Gasteiger partial charge in [0.05, 0.1) is 12.2 Å². The second-order valence-corrected chi connectivity index (χ2v) is 5.99. The van der Waals surface area contributed by atoms with Crippen molar-refractivity contribution in [1.82, 2.24) is 0 Å². The molecule has 0 amide bonds. The number of hydrogen-bond acceptors (Lipinski definition) is 3. The second-order valence-electron chi connectivity index (χ2n) is 5.99. The Hall–Kier alpha value is -0.900. The predicted octanol–water partition coefficient (Wildman–Crippen LogP) is 3.06. The first-order valence-electron chi connectivity index (χ1n) is 7.82. The van der Waals surface area contributed by atoms with Crippen LogP contribution in [-0.4, -0.2) is 29.7 Å². The van der Waals surface area contributed by atoms with Crippen LogP contribution in [0.3, 0.4) is 0 Å². The molecular formula is C17H24O3. The van der Waals surface area contributed by atoms with E-state index in [1.165, 1.54) is 24.8 Å². The van der Waals surface area contributed by atoms with Crippen LogP contribution in [0.2, 0.25) is 0 Å². The van der Waals surface area contributed by atoms with E-state index in [2.05, 4.69) is 24.3 Å². The highest BCUT2D eigenvalue weighted by Gasteiger charge is 2.47. The zero-order chi connectivity index (χ0) is 13.8. The molecule has 2 fully saturated rings. The SMILES string of the molecule is OCC[C@H]1OC2(CCCCC2)O[C@@H]1Cc1ccccc1. The normalized spacial score (nSPS) is 28.9. The highest BCUT2D eigenvalue weighted by Crippen LogP contribution is 2.42. The summed E-state index contributed by atoms with van der Waals surface area (Å²) in [6.07, 6.45) is 7.28. The molecule has 1 saturated carbocycles. The first-order chi connectivity index (χ1) is 9.81. The van der Waals surface area contributed by atoms with Crippen molar-refractivity contribution in [3.63, 3.8) is 0 Å². The topological polar surface area (TPSA) is 38.7 Å². The van der Waals surface area contributed by atoms with E-state index in [0.717, 1.165) is 19.3 Å². The minimum Gasteiger partial charge on any atom is -0.396 e. The van der Waals surface area contributed by atoms with E-state index in [9.17, 15) is 5.11 Å². The van der Waals surface area contributed by atoms with Gasteiger partial charge in [0.2, 0.25) is 0 Å². The molecule has 1 N–H and O–H groups in total. The summed E-state index contributed by atoms with van der Waals surface area (Å²) in [5.74, 6) is -0.364. The molecule has 1 aliphatic heterocycles. The Labute approximate surface area is 120 Å². The van der Waals surface area contributed by atoms with Gasteiger partial charge in [0.25, 0.3) is 0 Å². The Balaban J connectivity index is 1.70. The highest BCUT2D eigenvalue weighted by molar-refractivity contribution is 5.16. The van der Waals surface area contributed by atoms with Gasteiger partial charge in [0.15, 0.2) is 5.79 Å². The molecule has 3 heteroatoms. The lowest BCUT2D eigenvalue weighted by atomic mass is 9.94. The molecule has 2 aliphatic rings. The number of hydrogen-bond donors (Lipinski definition) is 1. The van der Waals surface area contributed by atoms with Crippen LogP contribution in [0.5, 0.6) is 0 Å². The molecule has 1 heterocycles. The third kappa shape index (κ3) is 3.05. The van der Waals surface area contributed by atoms with E-state index in [0.29, 0.717) is 6.42 Å². The smallest absolute Gasteiger partial charge is 0.169 e. The Kier molecular flexibility index (Phi) is 4.39. The molecular weight excluding hydrogens is 252 g/mol. The minimum absolute atomic E-state index is 0.0262. The summed E-state index contributed by atoms with van der Waals surface area (Å²) in [5.41, 5.74) is 1.27. The second kappa shape index (κ2) is 6.25. The minimum atomic E-state index is -0.364. The summed E-state index contributed by atoms with van der Waals surface area (Å²) in [7, 11) is 0. The van der Waals surface area contributed by atoms with E-state index in [4.69, 9.17) is 9.47 Å². The quantitative estimate of drug-likeness (QED) is 0.918. The Morgan fingerprint density at radius 1 is 1.00 bits per heavy atom. The summed E-state index contributed by atoms with van der Waals surface area (Å²) in [6.45, 7) is 0.162. The van der Waals surface area contributed by atoms with Crippen LogP contribution < -0.4 is 0 Å². The molecule has 1 aromatic rings. The molecule has 1 aromatic carbocycles. The first kappa shape index (κ1) is 14.1. The summed E-state index contributed by atoms with van der Waals surface area (Å²) < 4.78 is 12.6. The van der Waals surface area contributed by atoms with Crippen molar-refractivity contribution in [2.24, 2.45) is 0 Å². The summed E-state index contributed by atoms with van der Waals surface area (Å²) in [5, 5.41) is 9.26. The fourth-order valence-electron chi connectivity index (χ4n) is 3.45. The van der Waals surface area contributed by atoms with Gasteiger partial charge in [-0.3, -0.25) is 0 Å². The number of ether oxygens (including phenoxy) is 2. The molecule has 20 heavy (non-hydrogen) atoms.